The monoisotopic (exact) mass is 382 g/mol. The molecular formula is C15H9BrClFN2S. The minimum Gasteiger partial charge on any atom is -0.217 e. The Balaban J connectivity index is 1.97. The maximum absolute atomic E-state index is 14.0. The number of hydrogen-bond acceptors (Lipinski definition) is 3. The zero-order valence-corrected chi connectivity index (χ0v) is 13.9. The second kappa shape index (κ2) is 5.00. The first-order chi connectivity index (χ1) is 10.1. The van der Waals surface area contributed by atoms with E-state index in [1.165, 1.54) is 16.5 Å². The van der Waals surface area contributed by atoms with Gasteiger partial charge < -0.3 is 0 Å². The zero-order chi connectivity index (χ0) is 14.6. The van der Waals surface area contributed by atoms with Gasteiger partial charge in [-0.15, -0.1) is 11.3 Å². The van der Waals surface area contributed by atoms with E-state index in [4.69, 9.17) is 11.6 Å². The summed E-state index contributed by atoms with van der Waals surface area (Å²) in [6, 6.07) is 4.72. The van der Waals surface area contributed by atoms with Gasteiger partial charge in [0.15, 0.2) is 5.82 Å². The fourth-order valence-electron chi connectivity index (χ4n) is 2.74. The Hall–Kier alpha value is -1.04. The Labute approximate surface area is 138 Å². The van der Waals surface area contributed by atoms with Gasteiger partial charge in [-0.25, -0.2) is 14.4 Å². The van der Waals surface area contributed by atoms with E-state index in [1.54, 1.807) is 23.5 Å². The molecule has 0 bridgehead atoms. The van der Waals surface area contributed by atoms with Gasteiger partial charge in [0.05, 0.1) is 10.9 Å². The predicted molar refractivity (Wildman–Crippen MR) is 87.5 cm³/mol. The van der Waals surface area contributed by atoms with Gasteiger partial charge >= 0.3 is 0 Å². The lowest BCUT2D eigenvalue weighted by Gasteiger charge is -2.05. The highest BCUT2D eigenvalue weighted by Gasteiger charge is 2.22. The summed E-state index contributed by atoms with van der Waals surface area (Å²) in [5.41, 5.74) is 1.64. The molecule has 106 valence electrons. The molecule has 0 spiro atoms. The molecule has 2 heterocycles. The van der Waals surface area contributed by atoms with Crippen molar-refractivity contribution in [1.29, 1.82) is 0 Å². The number of benzene rings is 1. The molecule has 0 aliphatic heterocycles. The fourth-order valence-corrected chi connectivity index (χ4v) is 4.70. The number of hydrogen-bond donors (Lipinski definition) is 0. The Morgan fingerprint density at radius 3 is 2.95 bits per heavy atom. The highest BCUT2D eigenvalue weighted by molar-refractivity contribution is 9.10. The Morgan fingerprint density at radius 2 is 2.10 bits per heavy atom. The SMILES string of the molecule is Fc1ccc(Br)cc1-c1nc(Cl)c2c3c(sc2n1)CCC3. The van der Waals surface area contributed by atoms with Crippen LogP contribution in [0.3, 0.4) is 0 Å². The highest BCUT2D eigenvalue weighted by atomic mass is 79.9. The smallest absolute Gasteiger partial charge is 0.165 e. The van der Waals surface area contributed by atoms with Crippen molar-refractivity contribution in [1.82, 2.24) is 9.97 Å². The first kappa shape index (κ1) is 13.6. The standard InChI is InChI=1S/C15H9BrClFN2S/c16-7-4-5-10(18)9(6-7)14-19-13(17)12-8-2-1-3-11(8)21-15(12)20-14/h4-6H,1-3H2. The number of rotatable bonds is 1. The molecule has 0 fully saturated rings. The number of halogens is 3. The Bertz CT molecular complexity index is 878. The van der Waals surface area contributed by atoms with E-state index in [0.717, 1.165) is 34.0 Å². The van der Waals surface area contributed by atoms with Gasteiger partial charge in [-0.1, -0.05) is 27.5 Å². The van der Waals surface area contributed by atoms with Crippen LogP contribution in [-0.2, 0) is 12.8 Å². The van der Waals surface area contributed by atoms with Crippen molar-refractivity contribution >= 4 is 49.1 Å². The summed E-state index contributed by atoms with van der Waals surface area (Å²) in [4.78, 5) is 11.1. The fraction of sp³-hybridized carbons (Fsp3) is 0.200. The van der Waals surface area contributed by atoms with Crippen LogP contribution in [0.4, 0.5) is 4.39 Å². The molecule has 4 rings (SSSR count). The molecule has 2 nitrogen and oxygen atoms in total. The molecule has 2 aromatic heterocycles. The topological polar surface area (TPSA) is 25.8 Å². The van der Waals surface area contributed by atoms with Crippen molar-refractivity contribution in [3.63, 3.8) is 0 Å². The molecule has 0 amide bonds. The molecule has 0 atom stereocenters. The zero-order valence-electron chi connectivity index (χ0n) is 10.8. The molecular weight excluding hydrogens is 375 g/mol. The minimum absolute atomic E-state index is 0.339. The molecule has 0 radical (unpaired) electrons. The van der Waals surface area contributed by atoms with Gasteiger partial charge in [-0.05, 0) is 43.0 Å². The number of aryl methyl sites for hydroxylation is 2. The lowest BCUT2D eigenvalue weighted by atomic mass is 10.2. The molecule has 3 aromatic rings. The lowest BCUT2D eigenvalue weighted by Crippen LogP contribution is -1.94. The number of nitrogens with zero attached hydrogens (tertiary/aromatic N) is 2. The van der Waals surface area contributed by atoms with Gasteiger partial charge in [0.25, 0.3) is 0 Å². The minimum atomic E-state index is -0.349. The van der Waals surface area contributed by atoms with Crippen molar-refractivity contribution in [3.8, 4) is 11.4 Å². The van der Waals surface area contributed by atoms with Gasteiger partial charge in [-0.3, -0.25) is 0 Å². The second-order valence-electron chi connectivity index (χ2n) is 5.00. The number of thiophene rings is 1. The van der Waals surface area contributed by atoms with E-state index >= 15 is 0 Å². The summed E-state index contributed by atoms with van der Waals surface area (Å²) >= 11 is 11.3. The predicted octanol–water partition coefficient (Wildman–Crippen LogP) is 5.40. The van der Waals surface area contributed by atoms with E-state index in [9.17, 15) is 4.39 Å². The molecule has 0 N–H and O–H groups in total. The second-order valence-corrected chi connectivity index (χ2v) is 7.36. The largest absolute Gasteiger partial charge is 0.217 e. The summed E-state index contributed by atoms with van der Waals surface area (Å²) < 4.78 is 14.8. The molecule has 0 saturated carbocycles. The third-order valence-electron chi connectivity index (χ3n) is 3.69. The van der Waals surface area contributed by atoms with E-state index in [2.05, 4.69) is 25.9 Å². The van der Waals surface area contributed by atoms with Crippen molar-refractivity contribution in [2.75, 3.05) is 0 Å². The molecule has 0 unspecified atom stereocenters. The van der Waals surface area contributed by atoms with Crippen molar-refractivity contribution in [2.24, 2.45) is 0 Å². The van der Waals surface area contributed by atoms with E-state index < -0.39 is 0 Å². The Kier molecular flexibility index (Phi) is 3.24. The summed E-state index contributed by atoms with van der Waals surface area (Å²) in [5.74, 6) is -0.0102. The molecule has 1 aliphatic carbocycles. The van der Waals surface area contributed by atoms with Crippen LogP contribution in [0, 0.1) is 5.82 Å². The average molecular weight is 384 g/mol. The van der Waals surface area contributed by atoms with Gasteiger partial charge in [-0.2, -0.15) is 0 Å². The Morgan fingerprint density at radius 1 is 1.24 bits per heavy atom. The summed E-state index contributed by atoms with van der Waals surface area (Å²) in [7, 11) is 0. The first-order valence-corrected chi connectivity index (χ1v) is 8.55. The van der Waals surface area contributed by atoms with E-state index in [-0.39, 0.29) is 5.82 Å². The van der Waals surface area contributed by atoms with Crippen LogP contribution in [0.15, 0.2) is 22.7 Å². The first-order valence-electron chi connectivity index (χ1n) is 6.56. The van der Waals surface area contributed by atoms with Gasteiger partial charge in [0.1, 0.15) is 15.8 Å². The van der Waals surface area contributed by atoms with Crippen LogP contribution < -0.4 is 0 Å². The van der Waals surface area contributed by atoms with Crippen LogP contribution in [0.5, 0.6) is 0 Å². The highest BCUT2D eigenvalue weighted by Crippen LogP contribution is 2.40. The van der Waals surface area contributed by atoms with Crippen molar-refractivity contribution in [3.05, 3.63) is 44.1 Å². The quantitative estimate of drug-likeness (QED) is 0.526. The maximum atomic E-state index is 14.0. The van der Waals surface area contributed by atoms with Gasteiger partial charge in [0.2, 0.25) is 0 Å². The molecule has 1 aromatic carbocycles. The third kappa shape index (κ3) is 2.18. The summed E-state index contributed by atoms with van der Waals surface area (Å²) in [6.07, 6.45) is 3.27. The lowest BCUT2D eigenvalue weighted by molar-refractivity contribution is 0.630. The third-order valence-corrected chi connectivity index (χ3v) is 5.64. The van der Waals surface area contributed by atoms with Crippen molar-refractivity contribution < 1.29 is 4.39 Å². The number of aromatic nitrogens is 2. The van der Waals surface area contributed by atoms with Crippen LogP contribution >= 0.6 is 38.9 Å². The maximum Gasteiger partial charge on any atom is 0.165 e. The van der Waals surface area contributed by atoms with Crippen LogP contribution in [-0.4, -0.2) is 9.97 Å². The number of fused-ring (bicyclic) bond motifs is 3. The van der Waals surface area contributed by atoms with Crippen LogP contribution in [0.2, 0.25) is 5.15 Å². The summed E-state index contributed by atoms with van der Waals surface area (Å²) in [5, 5.41) is 1.38. The van der Waals surface area contributed by atoms with Crippen LogP contribution in [0.25, 0.3) is 21.6 Å². The van der Waals surface area contributed by atoms with Crippen LogP contribution in [0.1, 0.15) is 16.9 Å². The summed E-state index contributed by atoms with van der Waals surface area (Å²) in [6.45, 7) is 0. The average Bonchev–Trinajstić information content (AvgIpc) is 3.01. The molecule has 0 saturated heterocycles. The van der Waals surface area contributed by atoms with E-state index in [0.29, 0.717) is 16.5 Å². The molecule has 1 aliphatic rings. The molecule has 6 heteroatoms. The van der Waals surface area contributed by atoms with Crippen molar-refractivity contribution in [2.45, 2.75) is 19.3 Å². The van der Waals surface area contributed by atoms with E-state index in [1.807, 2.05) is 0 Å². The molecule has 21 heavy (non-hydrogen) atoms. The normalized spacial score (nSPS) is 13.9. The van der Waals surface area contributed by atoms with Gasteiger partial charge in [0, 0.05) is 9.35 Å².